The highest BCUT2D eigenvalue weighted by atomic mass is 32.2. The third kappa shape index (κ3) is 2.72. The lowest BCUT2D eigenvalue weighted by atomic mass is 10.2. The van der Waals surface area contributed by atoms with E-state index in [1.54, 1.807) is 18.2 Å². The first kappa shape index (κ1) is 12.3. The largest absolute Gasteiger partial charge is 0.268 e. The van der Waals surface area contributed by atoms with Gasteiger partial charge in [-0.25, -0.2) is 13.1 Å². The lowest BCUT2D eigenvalue weighted by Gasteiger charge is -2.06. The van der Waals surface area contributed by atoms with E-state index in [2.05, 4.69) is 4.98 Å². The standard InChI is InChI=1S/C12H10N2O3S/c15-12(10-4-2-1-3-5-10)14-18(16,17)11-6-8-13-9-7-11/h1-9H,(H,14,15). The average Bonchev–Trinajstić information content (AvgIpc) is 2.40. The zero-order valence-corrected chi connectivity index (χ0v) is 10.1. The Morgan fingerprint density at radius 3 is 2.22 bits per heavy atom. The van der Waals surface area contributed by atoms with Crippen molar-refractivity contribution in [2.75, 3.05) is 0 Å². The summed E-state index contributed by atoms with van der Waals surface area (Å²) in [5.74, 6) is -0.660. The minimum Gasteiger partial charge on any atom is -0.268 e. The molecule has 0 spiro atoms. The number of benzene rings is 1. The summed E-state index contributed by atoms with van der Waals surface area (Å²) in [6.07, 6.45) is 2.70. The molecule has 0 saturated heterocycles. The maximum atomic E-state index is 11.9. The highest BCUT2D eigenvalue weighted by Gasteiger charge is 2.17. The summed E-state index contributed by atoms with van der Waals surface area (Å²) in [7, 11) is -3.85. The maximum absolute atomic E-state index is 11.9. The topological polar surface area (TPSA) is 76.1 Å². The van der Waals surface area contributed by atoms with Crippen molar-refractivity contribution >= 4 is 15.9 Å². The van der Waals surface area contributed by atoms with Crippen LogP contribution in [0.25, 0.3) is 0 Å². The highest BCUT2D eigenvalue weighted by molar-refractivity contribution is 7.90. The van der Waals surface area contributed by atoms with Gasteiger partial charge < -0.3 is 0 Å². The Labute approximate surface area is 105 Å². The second kappa shape index (κ2) is 4.97. The molecular formula is C12H10N2O3S. The molecule has 92 valence electrons. The second-order valence-corrected chi connectivity index (χ2v) is 5.17. The van der Waals surface area contributed by atoms with Gasteiger partial charge in [-0.1, -0.05) is 18.2 Å². The zero-order chi connectivity index (χ0) is 13.0. The van der Waals surface area contributed by atoms with Gasteiger partial charge in [0, 0.05) is 18.0 Å². The summed E-state index contributed by atoms with van der Waals surface area (Å²) in [4.78, 5) is 15.4. The van der Waals surface area contributed by atoms with Gasteiger partial charge in [-0.15, -0.1) is 0 Å². The van der Waals surface area contributed by atoms with Gasteiger partial charge in [0.25, 0.3) is 15.9 Å². The van der Waals surface area contributed by atoms with Gasteiger partial charge in [0.1, 0.15) is 0 Å². The van der Waals surface area contributed by atoms with Crippen molar-refractivity contribution in [3.05, 3.63) is 60.4 Å². The lowest BCUT2D eigenvalue weighted by molar-refractivity contribution is 0.0981. The number of nitrogens with one attached hydrogen (secondary N) is 1. The van der Waals surface area contributed by atoms with Crippen LogP contribution in [0.15, 0.2) is 59.8 Å². The van der Waals surface area contributed by atoms with Crippen molar-refractivity contribution < 1.29 is 13.2 Å². The van der Waals surface area contributed by atoms with Gasteiger partial charge in [-0.3, -0.25) is 9.78 Å². The van der Waals surface area contributed by atoms with E-state index in [9.17, 15) is 13.2 Å². The third-order valence-electron chi connectivity index (χ3n) is 2.22. The van der Waals surface area contributed by atoms with Crippen LogP contribution in [0, 0.1) is 0 Å². The van der Waals surface area contributed by atoms with Crippen LogP contribution in [-0.2, 0) is 10.0 Å². The van der Waals surface area contributed by atoms with Crippen LogP contribution in [0.5, 0.6) is 0 Å². The van der Waals surface area contributed by atoms with Crippen molar-refractivity contribution in [1.82, 2.24) is 9.71 Å². The molecule has 1 aromatic heterocycles. The molecule has 0 atom stereocenters. The van der Waals surface area contributed by atoms with Crippen LogP contribution >= 0.6 is 0 Å². The van der Waals surface area contributed by atoms with E-state index in [-0.39, 0.29) is 10.5 Å². The number of aromatic nitrogens is 1. The van der Waals surface area contributed by atoms with Gasteiger partial charge in [0.05, 0.1) is 4.90 Å². The van der Waals surface area contributed by atoms with E-state index in [1.807, 2.05) is 4.72 Å². The average molecular weight is 262 g/mol. The Kier molecular flexibility index (Phi) is 3.38. The number of nitrogens with zero attached hydrogens (tertiary/aromatic N) is 1. The number of carbonyl (C=O) groups is 1. The summed E-state index contributed by atoms with van der Waals surface area (Å²) < 4.78 is 25.7. The molecule has 18 heavy (non-hydrogen) atoms. The molecule has 0 aliphatic heterocycles. The van der Waals surface area contributed by atoms with E-state index >= 15 is 0 Å². The summed E-state index contributed by atoms with van der Waals surface area (Å²) >= 11 is 0. The van der Waals surface area contributed by atoms with Crippen molar-refractivity contribution in [1.29, 1.82) is 0 Å². The van der Waals surface area contributed by atoms with Crippen molar-refractivity contribution in [2.24, 2.45) is 0 Å². The quantitative estimate of drug-likeness (QED) is 0.901. The van der Waals surface area contributed by atoms with Gasteiger partial charge in [-0.05, 0) is 24.3 Å². The van der Waals surface area contributed by atoms with Crippen LogP contribution in [-0.4, -0.2) is 19.3 Å². The third-order valence-corrected chi connectivity index (χ3v) is 3.57. The first-order chi connectivity index (χ1) is 8.59. The van der Waals surface area contributed by atoms with Crippen molar-refractivity contribution in [2.45, 2.75) is 4.90 Å². The predicted octanol–water partition coefficient (Wildman–Crippen LogP) is 1.20. The molecule has 2 aromatic rings. The van der Waals surface area contributed by atoms with E-state index < -0.39 is 15.9 Å². The molecular weight excluding hydrogens is 252 g/mol. The summed E-state index contributed by atoms with van der Waals surface area (Å²) in [5, 5.41) is 0. The van der Waals surface area contributed by atoms with E-state index in [0.29, 0.717) is 0 Å². The molecule has 0 aliphatic rings. The fourth-order valence-electron chi connectivity index (χ4n) is 1.35. The predicted molar refractivity (Wildman–Crippen MR) is 65.3 cm³/mol. The molecule has 1 N–H and O–H groups in total. The molecule has 2 rings (SSSR count). The van der Waals surface area contributed by atoms with Crippen LogP contribution < -0.4 is 4.72 Å². The number of hydrogen-bond acceptors (Lipinski definition) is 4. The monoisotopic (exact) mass is 262 g/mol. The van der Waals surface area contributed by atoms with E-state index in [4.69, 9.17) is 0 Å². The molecule has 0 bridgehead atoms. The molecule has 6 heteroatoms. The van der Waals surface area contributed by atoms with Crippen molar-refractivity contribution in [3.8, 4) is 0 Å². The normalized spacial score (nSPS) is 10.9. The number of amides is 1. The molecule has 1 amide bonds. The Bertz CT molecular complexity index is 640. The highest BCUT2D eigenvalue weighted by Crippen LogP contribution is 2.07. The van der Waals surface area contributed by atoms with E-state index in [0.717, 1.165) is 0 Å². The minimum atomic E-state index is -3.85. The molecule has 1 heterocycles. The zero-order valence-electron chi connectivity index (χ0n) is 9.28. The molecule has 1 aromatic carbocycles. The summed E-state index contributed by atoms with van der Waals surface area (Å²) in [6.45, 7) is 0. The SMILES string of the molecule is O=C(NS(=O)(=O)c1ccncc1)c1ccccc1. The lowest BCUT2D eigenvalue weighted by Crippen LogP contribution is -2.30. The van der Waals surface area contributed by atoms with Gasteiger partial charge >= 0.3 is 0 Å². The Hall–Kier alpha value is -2.21. The van der Waals surface area contributed by atoms with Gasteiger partial charge in [-0.2, -0.15) is 0 Å². The maximum Gasteiger partial charge on any atom is 0.264 e. The van der Waals surface area contributed by atoms with Crippen LogP contribution in [0.2, 0.25) is 0 Å². The molecule has 0 aliphatic carbocycles. The molecule has 0 fully saturated rings. The van der Waals surface area contributed by atoms with E-state index in [1.165, 1.54) is 36.7 Å². The fraction of sp³-hybridized carbons (Fsp3) is 0. The molecule has 0 saturated carbocycles. The number of sulfonamides is 1. The Balaban J connectivity index is 2.23. The van der Waals surface area contributed by atoms with Crippen LogP contribution in [0.4, 0.5) is 0 Å². The smallest absolute Gasteiger partial charge is 0.264 e. The molecule has 0 radical (unpaired) electrons. The molecule has 0 unspecified atom stereocenters. The van der Waals surface area contributed by atoms with Gasteiger partial charge in [0.15, 0.2) is 0 Å². The van der Waals surface area contributed by atoms with Crippen LogP contribution in [0.1, 0.15) is 10.4 Å². The molecule has 5 nitrogen and oxygen atoms in total. The Morgan fingerprint density at radius 2 is 1.61 bits per heavy atom. The number of hydrogen-bond donors (Lipinski definition) is 1. The van der Waals surface area contributed by atoms with Crippen LogP contribution in [0.3, 0.4) is 0 Å². The summed E-state index contributed by atoms with van der Waals surface area (Å²) in [6, 6.07) is 10.8. The number of carbonyl (C=O) groups excluding carboxylic acids is 1. The van der Waals surface area contributed by atoms with Crippen molar-refractivity contribution in [3.63, 3.8) is 0 Å². The number of pyridine rings is 1. The first-order valence-corrected chi connectivity index (χ1v) is 6.60. The Morgan fingerprint density at radius 1 is 1.00 bits per heavy atom. The number of rotatable bonds is 3. The first-order valence-electron chi connectivity index (χ1n) is 5.12. The minimum absolute atomic E-state index is 0.00165. The second-order valence-electron chi connectivity index (χ2n) is 3.48. The van der Waals surface area contributed by atoms with Gasteiger partial charge in [0.2, 0.25) is 0 Å². The fourth-order valence-corrected chi connectivity index (χ4v) is 2.31. The summed E-state index contributed by atoms with van der Waals surface area (Å²) in [5.41, 5.74) is 0.287.